The first kappa shape index (κ1) is 15.9. The molecule has 24 heavy (non-hydrogen) atoms. The van der Waals surface area contributed by atoms with Crippen LogP contribution in [-0.4, -0.2) is 40.0 Å². The minimum Gasteiger partial charge on any atom is -0.365 e. The van der Waals surface area contributed by atoms with E-state index in [1.54, 1.807) is 29.0 Å². The number of hydrogen-bond acceptors (Lipinski definition) is 7. The van der Waals surface area contributed by atoms with Gasteiger partial charge in [0.15, 0.2) is 5.13 Å². The zero-order valence-corrected chi connectivity index (χ0v) is 15.4. The van der Waals surface area contributed by atoms with Crippen molar-refractivity contribution in [1.29, 1.82) is 0 Å². The van der Waals surface area contributed by atoms with Crippen LogP contribution in [0.25, 0.3) is 10.2 Å². The van der Waals surface area contributed by atoms with Crippen LogP contribution in [0.4, 0.5) is 5.13 Å². The predicted molar refractivity (Wildman–Crippen MR) is 101 cm³/mol. The van der Waals surface area contributed by atoms with Crippen LogP contribution in [0.3, 0.4) is 0 Å². The molecule has 1 fully saturated rings. The fourth-order valence-corrected chi connectivity index (χ4v) is 5.09. The Morgan fingerprint density at radius 3 is 3.17 bits per heavy atom. The molecule has 0 bridgehead atoms. The summed E-state index contributed by atoms with van der Waals surface area (Å²) in [5.74, 6) is 0.677. The molecule has 0 aliphatic carbocycles. The summed E-state index contributed by atoms with van der Waals surface area (Å²) in [4.78, 5) is 17.2. The molecule has 7 heteroatoms. The molecule has 0 spiro atoms. The zero-order chi connectivity index (χ0) is 16.4. The number of aromatic nitrogens is 3. The van der Waals surface area contributed by atoms with Crippen LogP contribution in [0.5, 0.6) is 0 Å². The van der Waals surface area contributed by atoms with Crippen LogP contribution in [0.2, 0.25) is 0 Å². The van der Waals surface area contributed by atoms with Crippen molar-refractivity contribution >= 4 is 38.0 Å². The monoisotopic (exact) mass is 359 g/mol. The van der Waals surface area contributed by atoms with Crippen molar-refractivity contribution in [1.82, 2.24) is 19.9 Å². The predicted octanol–water partition coefficient (Wildman–Crippen LogP) is 3.64. The molecule has 1 N–H and O–H groups in total. The minimum atomic E-state index is 0.677. The number of fused-ring (bicyclic) bond motifs is 1. The molecule has 0 radical (unpaired) electrons. The fraction of sp³-hybridized carbons (Fsp3) is 0.471. The van der Waals surface area contributed by atoms with Crippen molar-refractivity contribution in [2.24, 2.45) is 5.92 Å². The lowest BCUT2D eigenvalue weighted by Crippen LogP contribution is -2.35. The summed E-state index contributed by atoms with van der Waals surface area (Å²) in [6.07, 6.45) is 7.32. The average Bonchev–Trinajstić information content (AvgIpc) is 3.24. The van der Waals surface area contributed by atoms with Crippen LogP contribution >= 0.6 is 22.7 Å². The Balaban J connectivity index is 1.42. The van der Waals surface area contributed by atoms with Crippen LogP contribution in [0.1, 0.15) is 23.4 Å². The maximum Gasteiger partial charge on any atom is 0.182 e. The third-order valence-corrected chi connectivity index (χ3v) is 6.50. The van der Waals surface area contributed by atoms with Crippen LogP contribution < -0.4 is 5.32 Å². The highest BCUT2D eigenvalue weighted by Crippen LogP contribution is 2.28. The summed E-state index contributed by atoms with van der Waals surface area (Å²) in [6.45, 7) is 3.33. The second kappa shape index (κ2) is 7.13. The summed E-state index contributed by atoms with van der Waals surface area (Å²) < 4.78 is 1.26. The van der Waals surface area contributed by atoms with Gasteiger partial charge in [0.25, 0.3) is 0 Å². The van der Waals surface area contributed by atoms with Gasteiger partial charge in [0.2, 0.25) is 0 Å². The molecule has 126 valence electrons. The number of rotatable bonds is 5. The molecule has 1 aliphatic heterocycles. The molecule has 4 heterocycles. The lowest BCUT2D eigenvalue weighted by Gasteiger charge is -2.32. The van der Waals surface area contributed by atoms with Gasteiger partial charge in [0, 0.05) is 31.2 Å². The smallest absolute Gasteiger partial charge is 0.182 e. The van der Waals surface area contributed by atoms with Crippen molar-refractivity contribution in [2.75, 3.05) is 25.5 Å². The lowest BCUT2D eigenvalue weighted by molar-refractivity contribution is 0.168. The topological polar surface area (TPSA) is 53.9 Å². The summed E-state index contributed by atoms with van der Waals surface area (Å²) in [5.41, 5.74) is 2.30. The maximum atomic E-state index is 4.56. The first-order chi connectivity index (χ1) is 11.8. The second-order valence-electron chi connectivity index (χ2n) is 6.28. The van der Waals surface area contributed by atoms with Gasteiger partial charge in [-0.05, 0) is 43.2 Å². The van der Waals surface area contributed by atoms with E-state index in [9.17, 15) is 0 Å². The number of thiophene rings is 1. The molecular weight excluding hydrogens is 338 g/mol. The van der Waals surface area contributed by atoms with Crippen molar-refractivity contribution in [3.05, 3.63) is 34.5 Å². The van der Waals surface area contributed by atoms with E-state index in [1.165, 1.54) is 34.7 Å². The number of piperidine rings is 1. The molecule has 3 aromatic rings. The van der Waals surface area contributed by atoms with Crippen molar-refractivity contribution in [3.8, 4) is 0 Å². The molecule has 3 aromatic heterocycles. The third-order valence-electron chi connectivity index (χ3n) is 4.55. The standard InChI is InChI=1S/C17H21N5S2/c1-18-17-19-8-13(24-17)10-22-5-2-3-12(9-22)7-15-16-14(4-6-23-16)20-11-21-15/h4,6,8,11-12H,2-3,5,7,9-10H2,1H3,(H,18,19). The SMILES string of the molecule is CNc1ncc(CN2CCCC(Cc3ncnc4ccsc34)C2)s1. The van der Waals surface area contributed by atoms with Crippen molar-refractivity contribution < 1.29 is 0 Å². The highest BCUT2D eigenvalue weighted by molar-refractivity contribution is 7.17. The van der Waals surface area contributed by atoms with Gasteiger partial charge in [0.05, 0.1) is 15.9 Å². The number of thiazole rings is 1. The Morgan fingerprint density at radius 2 is 2.29 bits per heavy atom. The molecule has 1 saturated heterocycles. The molecule has 0 amide bonds. The average molecular weight is 360 g/mol. The van der Waals surface area contributed by atoms with Gasteiger partial charge in [-0.3, -0.25) is 4.90 Å². The van der Waals surface area contributed by atoms with Gasteiger partial charge in [-0.2, -0.15) is 0 Å². The van der Waals surface area contributed by atoms with Gasteiger partial charge in [0.1, 0.15) is 6.33 Å². The van der Waals surface area contributed by atoms with Gasteiger partial charge in [-0.15, -0.1) is 22.7 Å². The van der Waals surface area contributed by atoms with Crippen LogP contribution in [0, 0.1) is 5.92 Å². The lowest BCUT2D eigenvalue weighted by atomic mass is 9.93. The van der Waals surface area contributed by atoms with Crippen LogP contribution in [0.15, 0.2) is 24.0 Å². The van der Waals surface area contributed by atoms with E-state index in [0.717, 1.165) is 30.2 Å². The molecule has 1 aliphatic rings. The summed E-state index contributed by atoms with van der Waals surface area (Å²) >= 11 is 3.51. The van der Waals surface area contributed by atoms with E-state index in [2.05, 4.69) is 36.6 Å². The molecule has 1 atom stereocenters. The normalized spacial score (nSPS) is 19.0. The summed E-state index contributed by atoms with van der Waals surface area (Å²) in [6, 6.07) is 2.08. The van der Waals surface area contributed by atoms with Crippen molar-refractivity contribution in [2.45, 2.75) is 25.8 Å². The highest BCUT2D eigenvalue weighted by atomic mass is 32.1. The number of hydrogen-bond donors (Lipinski definition) is 1. The Bertz CT molecular complexity index is 812. The first-order valence-electron chi connectivity index (χ1n) is 8.33. The molecular formula is C17H21N5S2. The second-order valence-corrected chi connectivity index (χ2v) is 8.32. The first-order valence-corrected chi connectivity index (χ1v) is 10.0. The third kappa shape index (κ3) is 3.43. The zero-order valence-electron chi connectivity index (χ0n) is 13.7. The minimum absolute atomic E-state index is 0.677. The van der Waals surface area contributed by atoms with E-state index >= 15 is 0 Å². The molecule has 0 aromatic carbocycles. The quantitative estimate of drug-likeness (QED) is 0.754. The maximum absolute atomic E-state index is 4.56. The molecule has 5 nitrogen and oxygen atoms in total. The Hall–Kier alpha value is -1.57. The molecule has 1 unspecified atom stereocenters. The van der Waals surface area contributed by atoms with Crippen molar-refractivity contribution in [3.63, 3.8) is 0 Å². The Kier molecular flexibility index (Phi) is 4.73. The Labute approximate surface area is 149 Å². The van der Waals surface area contributed by atoms with E-state index in [-0.39, 0.29) is 0 Å². The summed E-state index contributed by atoms with van der Waals surface area (Å²) in [7, 11) is 1.92. The number of nitrogens with zero attached hydrogens (tertiary/aromatic N) is 4. The van der Waals surface area contributed by atoms with E-state index in [1.807, 2.05) is 13.2 Å². The van der Waals surface area contributed by atoms with E-state index in [0.29, 0.717) is 5.92 Å². The molecule has 4 rings (SSSR count). The highest BCUT2D eigenvalue weighted by Gasteiger charge is 2.22. The van der Waals surface area contributed by atoms with Gasteiger partial charge in [-0.1, -0.05) is 0 Å². The van der Waals surface area contributed by atoms with Crippen LogP contribution in [-0.2, 0) is 13.0 Å². The van der Waals surface area contributed by atoms with Gasteiger partial charge in [-0.25, -0.2) is 15.0 Å². The van der Waals surface area contributed by atoms with E-state index in [4.69, 9.17) is 0 Å². The largest absolute Gasteiger partial charge is 0.365 e. The molecule has 0 saturated carbocycles. The van der Waals surface area contributed by atoms with Gasteiger partial charge < -0.3 is 5.32 Å². The number of nitrogens with one attached hydrogen (secondary N) is 1. The fourth-order valence-electron chi connectivity index (χ4n) is 3.44. The van der Waals surface area contributed by atoms with Gasteiger partial charge >= 0.3 is 0 Å². The summed E-state index contributed by atoms with van der Waals surface area (Å²) in [5, 5.41) is 6.23. The number of likely N-dealkylation sites (tertiary alicyclic amines) is 1. The number of anilines is 1. The van der Waals surface area contributed by atoms with E-state index < -0.39 is 0 Å². The Morgan fingerprint density at radius 1 is 1.33 bits per heavy atom.